The van der Waals surface area contributed by atoms with E-state index in [0.29, 0.717) is 19.6 Å². The molecule has 2 N–H and O–H groups in total. The first-order valence-corrected chi connectivity index (χ1v) is 7.41. The Labute approximate surface area is 100 Å². The summed E-state index contributed by atoms with van der Waals surface area (Å²) in [6, 6.07) is 0. The van der Waals surface area contributed by atoms with Crippen molar-refractivity contribution in [3.8, 4) is 0 Å². The maximum Gasteiger partial charge on any atom is 0.214 e. The third kappa shape index (κ3) is 5.82. The fourth-order valence-corrected chi connectivity index (χ4v) is 3.65. The van der Waals surface area contributed by atoms with Gasteiger partial charge in [0.2, 0.25) is 10.0 Å². The fraction of sp³-hybridized carbons (Fsp3) is 1.00. The molecule has 1 unspecified atom stereocenters. The van der Waals surface area contributed by atoms with Gasteiger partial charge in [-0.15, -0.1) is 0 Å². The molecule has 16 heavy (non-hydrogen) atoms. The van der Waals surface area contributed by atoms with Gasteiger partial charge in [-0.2, -0.15) is 0 Å². The first-order valence-electron chi connectivity index (χ1n) is 5.80. The molecule has 0 radical (unpaired) electrons. The lowest BCUT2D eigenvalue weighted by Crippen LogP contribution is -2.40. The number of nitrogens with two attached hydrogens (primary N) is 1. The maximum absolute atomic E-state index is 12.1. The molecule has 0 bridgehead atoms. The van der Waals surface area contributed by atoms with E-state index in [1.54, 1.807) is 0 Å². The molecule has 1 atom stereocenters. The van der Waals surface area contributed by atoms with Crippen molar-refractivity contribution in [1.82, 2.24) is 4.31 Å². The summed E-state index contributed by atoms with van der Waals surface area (Å²) >= 11 is 0. The molecular weight excluding hydrogens is 224 g/mol. The van der Waals surface area contributed by atoms with Crippen molar-refractivity contribution in [3.63, 3.8) is 0 Å². The minimum Gasteiger partial charge on any atom is -0.330 e. The van der Waals surface area contributed by atoms with Crippen molar-refractivity contribution in [2.24, 2.45) is 17.1 Å². The lowest BCUT2D eigenvalue weighted by Gasteiger charge is -2.27. The molecule has 0 fully saturated rings. The Morgan fingerprint density at radius 1 is 1.31 bits per heavy atom. The minimum absolute atomic E-state index is 0.186. The third-order valence-corrected chi connectivity index (χ3v) is 4.70. The predicted octanol–water partition coefficient (Wildman–Crippen LogP) is 1.28. The van der Waals surface area contributed by atoms with Gasteiger partial charge in [-0.3, -0.25) is 0 Å². The Bertz CT molecular complexity index is 294. The van der Waals surface area contributed by atoms with Crippen molar-refractivity contribution in [2.45, 2.75) is 34.6 Å². The zero-order chi connectivity index (χ0) is 13.0. The molecule has 0 aromatic carbocycles. The first-order chi connectivity index (χ1) is 7.12. The van der Waals surface area contributed by atoms with E-state index >= 15 is 0 Å². The molecule has 0 rings (SSSR count). The van der Waals surface area contributed by atoms with Gasteiger partial charge in [-0.1, -0.05) is 34.6 Å². The van der Waals surface area contributed by atoms with Crippen LogP contribution in [0.4, 0.5) is 0 Å². The molecule has 0 heterocycles. The highest BCUT2D eigenvalue weighted by molar-refractivity contribution is 7.89. The predicted molar refractivity (Wildman–Crippen MR) is 68.7 cm³/mol. The maximum atomic E-state index is 12.1. The topological polar surface area (TPSA) is 63.4 Å². The number of hydrogen-bond donors (Lipinski definition) is 1. The van der Waals surface area contributed by atoms with Crippen LogP contribution in [0.2, 0.25) is 0 Å². The molecule has 0 amide bonds. The molecule has 0 aliphatic heterocycles. The quantitative estimate of drug-likeness (QED) is 0.772. The highest BCUT2D eigenvalue weighted by Gasteiger charge is 2.27. The Balaban J connectivity index is 4.69. The van der Waals surface area contributed by atoms with Crippen molar-refractivity contribution < 1.29 is 8.42 Å². The van der Waals surface area contributed by atoms with Crippen molar-refractivity contribution in [1.29, 1.82) is 0 Å². The normalized spacial score (nSPS) is 15.4. The van der Waals surface area contributed by atoms with Gasteiger partial charge in [0.15, 0.2) is 0 Å². The summed E-state index contributed by atoms with van der Waals surface area (Å²) in [7, 11) is -3.16. The fourth-order valence-electron chi connectivity index (χ4n) is 1.50. The van der Waals surface area contributed by atoms with E-state index in [1.807, 2.05) is 34.6 Å². The third-order valence-electron chi connectivity index (χ3n) is 2.28. The molecule has 0 aromatic heterocycles. The monoisotopic (exact) mass is 250 g/mol. The highest BCUT2D eigenvalue weighted by Crippen LogP contribution is 2.19. The van der Waals surface area contributed by atoms with Gasteiger partial charge in [0.05, 0.1) is 5.75 Å². The number of hydrogen-bond acceptors (Lipinski definition) is 3. The van der Waals surface area contributed by atoms with E-state index in [1.165, 1.54) is 4.31 Å². The van der Waals surface area contributed by atoms with Crippen LogP contribution in [0.1, 0.15) is 34.6 Å². The van der Waals surface area contributed by atoms with Gasteiger partial charge in [0, 0.05) is 13.1 Å². The van der Waals surface area contributed by atoms with Crippen molar-refractivity contribution in [3.05, 3.63) is 0 Å². The first kappa shape index (κ1) is 15.9. The summed E-state index contributed by atoms with van der Waals surface area (Å²) in [6.07, 6.45) is 0. The molecule has 0 aromatic rings. The Kier molecular flexibility index (Phi) is 5.93. The van der Waals surface area contributed by atoms with Crippen molar-refractivity contribution in [2.75, 3.05) is 25.4 Å². The van der Waals surface area contributed by atoms with Gasteiger partial charge < -0.3 is 5.73 Å². The molecule has 0 aliphatic rings. The van der Waals surface area contributed by atoms with Crippen LogP contribution in [0, 0.1) is 11.3 Å². The lowest BCUT2D eigenvalue weighted by molar-refractivity contribution is 0.358. The van der Waals surface area contributed by atoms with E-state index in [-0.39, 0.29) is 17.1 Å². The van der Waals surface area contributed by atoms with E-state index in [4.69, 9.17) is 5.73 Å². The second kappa shape index (κ2) is 5.98. The molecular formula is C11H26N2O2S. The number of rotatable bonds is 6. The van der Waals surface area contributed by atoms with Gasteiger partial charge in [0.25, 0.3) is 0 Å². The summed E-state index contributed by atoms with van der Waals surface area (Å²) in [5.41, 5.74) is 5.31. The number of sulfonamides is 1. The standard InChI is InChI=1S/C11H26N2O2S/c1-6-13(8-10(2)7-12)16(14,15)9-11(3,4)5/h10H,6-9,12H2,1-5H3. The highest BCUT2D eigenvalue weighted by atomic mass is 32.2. The van der Waals surface area contributed by atoms with Crippen LogP contribution in [-0.4, -0.2) is 38.1 Å². The van der Waals surface area contributed by atoms with E-state index in [0.717, 1.165) is 0 Å². The summed E-state index contributed by atoms with van der Waals surface area (Å²) < 4.78 is 25.8. The van der Waals surface area contributed by atoms with Crippen LogP contribution in [-0.2, 0) is 10.0 Å². The Morgan fingerprint density at radius 2 is 1.81 bits per heavy atom. The molecule has 0 spiro atoms. The summed E-state index contributed by atoms with van der Waals surface area (Å²) in [5.74, 6) is 0.389. The van der Waals surface area contributed by atoms with Gasteiger partial charge >= 0.3 is 0 Å². The average molecular weight is 250 g/mol. The van der Waals surface area contributed by atoms with Crippen LogP contribution in [0.5, 0.6) is 0 Å². The summed E-state index contributed by atoms with van der Waals surface area (Å²) in [6.45, 7) is 11.2. The van der Waals surface area contributed by atoms with Gasteiger partial charge in [-0.05, 0) is 17.9 Å². The molecule has 0 saturated carbocycles. The summed E-state index contributed by atoms with van der Waals surface area (Å²) in [4.78, 5) is 0. The van der Waals surface area contributed by atoms with Crippen molar-refractivity contribution >= 4 is 10.0 Å². The second-order valence-corrected chi connectivity index (χ2v) is 7.58. The van der Waals surface area contributed by atoms with Crippen LogP contribution in [0.3, 0.4) is 0 Å². The van der Waals surface area contributed by atoms with E-state index in [2.05, 4.69) is 0 Å². The summed E-state index contributed by atoms with van der Waals surface area (Å²) in [5, 5.41) is 0. The zero-order valence-corrected chi connectivity index (χ0v) is 12.0. The minimum atomic E-state index is -3.16. The SMILES string of the molecule is CCN(CC(C)CN)S(=O)(=O)CC(C)(C)C. The van der Waals surface area contributed by atoms with Gasteiger partial charge in [-0.25, -0.2) is 12.7 Å². The zero-order valence-electron chi connectivity index (χ0n) is 11.2. The smallest absolute Gasteiger partial charge is 0.214 e. The lowest BCUT2D eigenvalue weighted by atomic mass is 10.0. The number of nitrogens with zero attached hydrogens (tertiary/aromatic N) is 1. The van der Waals surface area contributed by atoms with Crippen LogP contribution < -0.4 is 5.73 Å². The molecule has 98 valence electrons. The van der Waals surface area contributed by atoms with E-state index in [9.17, 15) is 8.42 Å². The Morgan fingerprint density at radius 3 is 2.12 bits per heavy atom. The van der Waals surface area contributed by atoms with Crippen LogP contribution in [0.15, 0.2) is 0 Å². The molecule has 5 heteroatoms. The molecule has 0 saturated heterocycles. The van der Waals surface area contributed by atoms with Crippen LogP contribution in [0.25, 0.3) is 0 Å². The van der Waals surface area contributed by atoms with Gasteiger partial charge in [0.1, 0.15) is 0 Å². The van der Waals surface area contributed by atoms with E-state index < -0.39 is 10.0 Å². The largest absolute Gasteiger partial charge is 0.330 e. The van der Waals surface area contributed by atoms with Crippen LogP contribution >= 0.6 is 0 Å². The Hall–Kier alpha value is -0.130. The second-order valence-electron chi connectivity index (χ2n) is 5.61. The average Bonchev–Trinajstić information content (AvgIpc) is 2.09. The molecule has 0 aliphatic carbocycles. The molecule has 4 nitrogen and oxygen atoms in total.